The molecular formula is C6H10N4O4S. The molecule has 0 amide bonds. The molecule has 0 atom stereocenters. The molecule has 0 unspecified atom stereocenters. The minimum absolute atomic E-state index is 0.140. The van der Waals surface area contributed by atoms with E-state index in [9.17, 15) is 13.2 Å². The highest BCUT2D eigenvalue weighted by Crippen LogP contribution is 1.91. The van der Waals surface area contributed by atoms with Gasteiger partial charge in [-0.05, 0) is 0 Å². The van der Waals surface area contributed by atoms with Gasteiger partial charge >= 0.3 is 5.97 Å². The molecule has 0 spiro atoms. The third kappa shape index (κ3) is 4.04. The van der Waals surface area contributed by atoms with Gasteiger partial charge in [0.25, 0.3) is 0 Å². The molecule has 0 saturated heterocycles. The Labute approximate surface area is 86.0 Å². The largest absolute Gasteiger partial charge is 0.476 e. The summed E-state index contributed by atoms with van der Waals surface area (Å²) in [6.07, 6.45) is 2.27. The van der Waals surface area contributed by atoms with Gasteiger partial charge in [-0.1, -0.05) is 5.21 Å². The van der Waals surface area contributed by atoms with Crippen LogP contribution in [0.5, 0.6) is 0 Å². The van der Waals surface area contributed by atoms with Crippen molar-refractivity contribution < 1.29 is 18.3 Å². The summed E-state index contributed by atoms with van der Waals surface area (Å²) >= 11 is 0. The van der Waals surface area contributed by atoms with Crippen LogP contribution in [-0.2, 0) is 16.6 Å². The molecule has 15 heavy (non-hydrogen) atoms. The zero-order chi connectivity index (χ0) is 11.5. The van der Waals surface area contributed by atoms with Crippen molar-refractivity contribution in [2.75, 3.05) is 12.8 Å². The number of aromatic nitrogens is 3. The lowest BCUT2D eigenvalue weighted by Gasteiger charge is -2.00. The normalized spacial score (nSPS) is 11.5. The van der Waals surface area contributed by atoms with Gasteiger partial charge in [-0.3, -0.25) is 4.68 Å². The second kappa shape index (κ2) is 4.36. The summed E-state index contributed by atoms with van der Waals surface area (Å²) in [6, 6.07) is 0. The van der Waals surface area contributed by atoms with Gasteiger partial charge in [0.15, 0.2) is 5.69 Å². The van der Waals surface area contributed by atoms with Crippen LogP contribution in [-0.4, -0.2) is 47.3 Å². The average Bonchev–Trinajstić information content (AvgIpc) is 2.50. The molecule has 0 aliphatic heterocycles. The zero-order valence-electron chi connectivity index (χ0n) is 7.91. The molecule has 0 fully saturated rings. The molecule has 0 bridgehead atoms. The SMILES string of the molecule is CS(=O)(=O)NCCn1cc(C(=O)O)nn1. The number of hydrogen-bond donors (Lipinski definition) is 2. The monoisotopic (exact) mass is 234 g/mol. The number of nitrogens with one attached hydrogen (secondary N) is 1. The summed E-state index contributed by atoms with van der Waals surface area (Å²) in [5, 5.41) is 15.4. The molecule has 2 N–H and O–H groups in total. The molecule has 8 nitrogen and oxygen atoms in total. The average molecular weight is 234 g/mol. The summed E-state index contributed by atoms with van der Waals surface area (Å²) in [5.74, 6) is -1.17. The van der Waals surface area contributed by atoms with Crippen molar-refractivity contribution in [1.82, 2.24) is 19.7 Å². The summed E-state index contributed by atoms with van der Waals surface area (Å²) in [7, 11) is -3.23. The third-order valence-corrected chi connectivity index (χ3v) is 2.19. The molecule has 0 aliphatic carbocycles. The van der Waals surface area contributed by atoms with Crippen LogP contribution in [0.4, 0.5) is 0 Å². The first-order valence-corrected chi connectivity index (χ1v) is 5.86. The highest BCUT2D eigenvalue weighted by Gasteiger charge is 2.08. The van der Waals surface area contributed by atoms with Crippen LogP contribution in [0.2, 0.25) is 0 Å². The lowest BCUT2D eigenvalue weighted by Crippen LogP contribution is -2.26. The molecule has 9 heteroatoms. The molecule has 84 valence electrons. The number of hydrogen-bond acceptors (Lipinski definition) is 5. The molecule has 1 heterocycles. The Kier molecular flexibility index (Phi) is 3.37. The van der Waals surface area contributed by atoms with Crippen molar-refractivity contribution in [1.29, 1.82) is 0 Å². The fraction of sp³-hybridized carbons (Fsp3) is 0.500. The van der Waals surface area contributed by atoms with Crippen LogP contribution in [0, 0.1) is 0 Å². The first kappa shape index (κ1) is 11.6. The lowest BCUT2D eigenvalue weighted by atomic mass is 10.5. The van der Waals surface area contributed by atoms with E-state index in [1.54, 1.807) is 0 Å². The Morgan fingerprint density at radius 2 is 2.33 bits per heavy atom. The van der Waals surface area contributed by atoms with Crippen molar-refractivity contribution in [2.24, 2.45) is 0 Å². The minimum atomic E-state index is -3.23. The van der Waals surface area contributed by atoms with Gasteiger partial charge in [0.05, 0.1) is 19.0 Å². The molecule has 0 radical (unpaired) electrons. The van der Waals surface area contributed by atoms with E-state index in [4.69, 9.17) is 5.11 Å². The van der Waals surface area contributed by atoms with Gasteiger partial charge in [0.1, 0.15) is 0 Å². The summed E-state index contributed by atoms with van der Waals surface area (Å²) in [6.45, 7) is 0.370. The molecule has 1 aromatic rings. The maximum absolute atomic E-state index is 10.7. The van der Waals surface area contributed by atoms with E-state index >= 15 is 0 Å². The van der Waals surface area contributed by atoms with Crippen LogP contribution in [0.3, 0.4) is 0 Å². The molecule has 1 rings (SSSR count). The van der Waals surface area contributed by atoms with Gasteiger partial charge < -0.3 is 5.11 Å². The number of carbonyl (C=O) groups is 1. The maximum Gasteiger partial charge on any atom is 0.358 e. The Bertz CT molecular complexity index is 451. The highest BCUT2D eigenvalue weighted by atomic mass is 32.2. The topological polar surface area (TPSA) is 114 Å². The Balaban J connectivity index is 2.48. The predicted octanol–water partition coefficient (Wildman–Crippen LogP) is -1.47. The quantitative estimate of drug-likeness (QED) is 0.642. The lowest BCUT2D eigenvalue weighted by molar-refractivity contribution is 0.0690. The van der Waals surface area contributed by atoms with Crippen LogP contribution in [0.15, 0.2) is 6.20 Å². The van der Waals surface area contributed by atoms with Gasteiger partial charge in [0, 0.05) is 6.54 Å². The third-order valence-electron chi connectivity index (χ3n) is 1.46. The Morgan fingerprint density at radius 3 is 2.80 bits per heavy atom. The summed E-state index contributed by atoms with van der Waals surface area (Å²) < 4.78 is 24.9. The molecule has 0 aliphatic rings. The van der Waals surface area contributed by atoms with E-state index in [0.717, 1.165) is 6.26 Å². The number of nitrogens with zero attached hydrogens (tertiary/aromatic N) is 3. The number of rotatable bonds is 5. The van der Waals surface area contributed by atoms with E-state index < -0.39 is 16.0 Å². The smallest absolute Gasteiger partial charge is 0.358 e. The summed E-state index contributed by atoms with van der Waals surface area (Å²) in [5.41, 5.74) is -0.172. The van der Waals surface area contributed by atoms with Gasteiger partial charge in [-0.2, -0.15) is 0 Å². The fourth-order valence-corrected chi connectivity index (χ4v) is 1.31. The fourth-order valence-electron chi connectivity index (χ4n) is 0.851. The van der Waals surface area contributed by atoms with Crippen molar-refractivity contribution in [3.63, 3.8) is 0 Å². The standard InChI is InChI=1S/C6H10N4O4S/c1-15(13,14)7-2-3-10-4-5(6(11)12)8-9-10/h4,7H,2-3H2,1H3,(H,11,12). The van der Waals surface area contributed by atoms with Crippen LogP contribution in [0.1, 0.15) is 10.5 Å². The Hall–Kier alpha value is -1.48. The summed E-state index contributed by atoms with van der Waals surface area (Å²) in [4.78, 5) is 10.4. The number of carboxylic acid groups (broad SMARTS) is 1. The number of carboxylic acids is 1. The first-order chi connectivity index (χ1) is 6.88. The van der Waals surface area contributed by atoms with E-state index in [1.807, 2.05) is 0 Å². The van der Waals surface area contributed by atoms with Crippen LogP contribution >= 0.6 is 0 Å². The predicted molar refractivity (Wildman–Crippen MR) is 49.8 cm³/mol. The minimum Gasteiger partial charge on any atom is -0.476 e. The van der Waals surface area contributed by atoms with E-state index in [0.29, 0.717) is 0 Å². The van der Waals surface area contributed by atoms with Crippen molar-refractivity contribution in [2.45, 2.75) is 6.54 Å². The number of aromatic carboxylic acids is 1. The second-order valence-corrected chi connectivity index (χ2v) is 4.67. The van der Waals surface area contributed by atoms with Crippen molar-refractivity contribution >= 4 is 16.0 Å². The first-order valence-electron chi connectivity index (χ1n) is 3.96. The van der Waals surface area contributed by atoms with Crippen LogP contribution in [0.25, 0.3) is 0 Å². The second-order valence-electron chi connectivity index (χ2n) is 2.84. The van der Waals surface area contributed by atoms with Gasteiger partial charge in [-0.15, -0.1) is 5.10 Å². The molecular weight excluding hydrogens is 224 g/mol. The van der Waals surface area contributed by atoms with E-state index in [2.05, 4.69) is 15.0 Å². The van der Waals surface area contributed by atoms with Gasteiger partial charge in [0.2, 0.25) is 10.0 Å². The van der Waals surface area contributed by atoms with Crippen molar-refractivity contribution in [3.8, 4) is 0 Å². The molecule has 1 aromatic heterocycles. The van der Waals surface area contributed by atoms with Crippen LogP contribution < -0.4 is 4.72 Å². The maximum atomic E-state index is 10.7. The van der Waals surface area contributed by atoms with Crippen molar-refractivity contribution in [3.05, 3.63) is 11.9 Å². The zero-order valence-corrected chi connectivity index (χ0v) is 8.73. The Morgan fingerprint density at radius 1 is 1.67 bits per heavy atom. The van der Waals surface area contributed by atoms with E-state index in [1.165, 1.54) is 10.9 Å². The number of sulfonamides is 1. The molecule has 0 aromatic carbocycles. The van der Waals surface area contributed by atoms with E-state index in [-0.39, 0.29) is 18.8 Å². The van der Waals surface area contributed by atoms with Gasteiger partial charge in [-0.25, -0.2) is 17.9 Å². The molecule has 0 saturated carbocycles. The highest BCUT2D eigenvalue weighted by molar-refractivity contribution is 7.88.